The fourth-order valence-corrected chi connectivity index (χ4v) is 3.94. The third-order valence-electron chi connectivity index (χ3n) is 5.48. The van der Waals surface area contributed by atoms with E-state index in [-0.39, 0.29) is 11.2 Å². The highest BCUT2D eigenvalue weighted by Gasteiger charge is 2.21. The van der Waals surface area contributed by atoms with Crippen molar-refractivity contribution in [1.82, 2.24) is 9.80 Å². The third kappa shape index (κ3) is 4.34. The number of aromatic hydroxyl groups is 1. The van der Waals surface area contributed by atoms with Crippen LogP contribution in [0.25, 0.3) is 0 Å². The van der Waals surface area contributed by atoms with Crippen molar-refractivity contribution in [3.8, 4) is 5.75 Å². The second-order valence-corrected chi connectivity index (χ2v) is 7.43. The van der Waals surface area contributed by atoms with Crippen LogP contribution >= 0.6 is 0 Å². The molecule has 2 fully saturated rings. The van der Waals surface area contributed by atoms with Crippen molar-refractivity contribution in [2.24, 2.45) is 0 Å². The molecule has 0 unspecified atom stereocenters. The van der Waals surface area contributed by atoms with E-state index >= 15 is 0 Å². The van der Waals surface area contributed by atoms with Gasteiger partial charge in [0.15, 0.2) is 5.76 Å². The highest BCUT2D eigenvalue weighted by Crippen LogP contribution is 2.21. The monoisotopic (exact) mass is 369 g/mol. The Balaban J connectivity index is 1.39. The van der Waals surface area contributed by atoms with E-state index < -0.39 is 0 Å². The fourth-order valence-electron chi connectivity index (χ4n) is 3.94. The van der Waals surface area contributed by atoms with Crippen LogP contribution < -0.4 is 10.3 Å². The van der Waals surface area contributed by atoms with Gasteiger partial charge in [-0.15, -0.1) is 0 Å². The molecule has 4 rings (SSSR count). The number of hydrogen-bond acceptors (Lipinski definition) is 6. The van der Waals surface area contributed by atoms with Crippen LogP contribution in [0.5, 0.6) is 5.75 Å². The first-order valence-electron chi connectivity index (χ1n) is 9.78. The number of benzene rings is 1. The average molecular weight is 369 g/mol. The van der Waals surface area contributed by atoms with Crippen molar-refractivity contribution in [2.45, 2.75) is 25.9 Å². The molecule has 27 heavy (non-hydrogen) atoms. The second-order valence-electron chi connectivity index (χ2n) is 7.43. The predicted molar refractivity (Wildman–Crippen MR) is 105 cm³/mol. The Hall–Kier alpha value is -2.31. The van der Waals surface area contributed by atoms with Gasteiger partial charge in [-0.05, 0) is 38.1 Å². The van der Waals surface area contributed by atoms with Gasteiger partial charge in [0.1, 0.15) is 5.76 Å². The quantitative estimate of drug-likeness (QED) is 0.872. The standard InChI is InChI=1S/C21H27N3O3/c25-19-14-18(27-20(21(19)26)16-22-8-4-5-9-22)15-23-10-12-24(13-11-23)17-6-2-1-3-7-17/h1-3,6-7,14,26H,4-5,8-13,15-16H2. The Kier molecular flexibility index (Phi) is 5.45. The number of likely N-dealkylation sites (tertiary alicyclic amines) is 1. The molecule has 0 saturated carbocycles. The number of nitrogens with zero attached hydrogens (tertiary/aromatic N) is 3. The van der Waals surface area contributed by atoms with Crippen LogP contribution in [-0.2, 0) is 13.1 Å². The zero-order chi connectivity index (χ0) is 18.6. The van der Waals surface area contributed by atoms with Gasteiger partial charge in [0, 0.05) is 37.9 Å². The molecule has 1 N–H and O–H groups in total. The van der Waals surface area contributed by atoms with Gasteiger partial charge < -0.3 is 14.4 Å². The largest absolute Gasteiger partial charge is 0.502 e. The molecule has 1 aromatic carbocycles. The first kappa shape index (κ1) is 18.1. The van der Waals surface area contributed by atoms with Crippen LogP contribution in [0.15, 0.2) is 45.6 Å². The molecule has 3 heterocycles. The molecule has 1 aromatic heterocycles. The summed E-state index contributed by atoms with van der Waals surface area (Å²) in [6.07, 6.45) is 2.33. The summed E-state index contributed by atoms with van der Waals surface area (Å²) >= 11 is 0. The van der Waals surface area contributed by atoms with Crippen LogP contribution in [0.2, 0.25) is 0 Å². The Bertz CT molecular complexity index is 807. The van der Waals surface area contributed by atoms with Crippen LogP contribution in [0, 0.1) is 0 Å². The zero-order valence-electron chi connectivity index (χ0n) is 15.6. The van der Waals surface area contributed by atoms with E-state index in [1.807, 2.05) is 6.07 Å². The SMILES string of the molecule is O=c1cc(CN2CCN(c3ccccc3)CC2)oc(CN2CCCC2)c1O. The van der Waals surface area contributed by atoms with Gasteiger partial charge in [-0.1, -0.05) is 18.2 Å². The highest BCUT2D eigenvalue weighted by molar-refractivity contribution is 5.46. The molecule has 2 aliphatic rings. The number of piperazine rings is 1. The lowest BCUT2D eigenvalue weighted by atomic mass is 10.2. The van der Waals surface area contributed by atoms with Crippen molar-refractivity contribution in [3.05, 3.63) is 58.1 Å². The van der Waals surface area contributed by atoms with E-state index in [0.717, 1.165) is 52.1 Å². The van der Waals surface area contributed by atoms with Crippen LogP contribution in [0.4, 0.5) is 5.69 Å². The van der Waals surface area contributed by atoms with E-state index in [0.29, 0.717) is 24.6 Å². The molecular formula is C21H27N3O3. The lowest BCUT2D eigenvalue weighted by Gasteiger charge is -2.35. The molecule has 2 aliphatic heterocycles. The Morgan fingerprint density at radius 2 is 1.56 bits per heavy atom. The molecule has 0 amide bonds. The minimum atomic E-state index is -0.339. The fraction of sp³-hybridized carbons (Fsp3) is 0.476. The molecule has 6 heteroatoms. The summed E-state index contributed by atoms with van der Waals surface area (Å²) in [6.45, 7) is 6.84. The lowest BCUT2D eigenvalue weighted by Crippen LogP contribution is -2.46. The number of para-hydroxylation sites is 1. The molecule has 144 valence electrons. The summed E-state index contributed by atoms with van der Waals surface area (Å²) < 4.78 is 5.92. The first-order chi connectivity index (χ1) is 13.2. The average Bonchev–Trinajstić information content (AvgIpc) is 3.20. The van der Waals surface area contributed by atoms with Gasteiger partial charge in [-0.25, -0.2) is 0 Å². The second kappa shape index (κ2) is 8.15. The normalized spacial score (nSPS) is 18.9. The molecule has 2 saturated heterocycles. The first-order valence-corrected chi connectivity index (χ1v) is 9.78. The number of rotatable bonds is 5. The van der Waals surface area contributed by atoms with E-state index in [9.17, 15) is 9.90 Å². The Morgan fingerprint density at radius 3 is 2.26 bits per heavy atom. The van der Waals surface area contributed by atoms with Crippen molar-refractivity contribution >= 4 is 5.69 Å². The molecule has 6 nitrogen and oxygen atoms in total. The van der Waals surface area contributed by atoms with Crippen LogP contribution in [0.1, 0.15) is 24.4 Å². The van der Waals surface area contributed by atoms with Crippen LogP contribution in [0.3, 0.4) is 0 Å². The number of hydrogen-bond donors (Lipinski definition) is 1. The molecule has 0 bridgehead atoms. The molecule has 0 radical (unpaired) electrons. The van der Waals surface area contributed by atoms with Gasteiger partial charge >= 0.3 is 0 Å². The maximum atomic E-state index is 12.2. The minimum absolute atomic E-state index is 0.237. The lowest BCUT2D eigenvalue weighted by molar-refractivity contribution is 0.214. The number of anilines is 1. The molecule has 0 spiro atoms. The van der Waals surface area contributed by atoms with E-state index in [2.05, 4.69) is 39.0 Å². The van der Waals surface area contributed by atoms with Gasteiger partial charge in [-0.3, -0.25) is 14.6 Å². The van der Waals surface area contributed by atoms with Gasteiger partial charge in [0.25, 0.3) is 0 Å². The van der Waals surface area contributed by atoms with Gasteiger partial charge in [0.2, 0.25) is 11.2 Å². The van der Waals surface area contributed by atoms with Crippen molar-refractivity contribution in [1.29, 1.82) is 0 Å². The molecule has 0 atom stereocenters. The van der Waals surface area contributed by atoms with E-state index in [4.69, 9.17) is 4.42 Å². The maximum absolute atomic E-state index is 12.2. The topological polar surface area (TPSA) is 60.2 Å². The van der Waals surface area contributed by atoms with E-state index in [1.165, 1.54) is 11.8 Å². The predicted octanol–water partition coefficient (Wildman–Crippen LogP) is 2.26. The summed E-state index contributed by atoms with van der Waals surface area (Å²) in [5.74, 6) is 0.807. The molecule has 2 aromatic rings. The Labute approximate surface area is 159 Å². The summed E-state index contributed by atoms with van der Waals surface area (Å²) in [7, 11) is 0. The zero-order valence-corrected chi connectivity index (χ0v) is 15.6. The summed E-state index contributed by atoms with van der Waals surface area (Å²) in [5, 5.41) is 10.1. The molecule has 0 aliphatic carbocycles. The van der Waals surface area contributed by atoms with Crippen LogP contribution in [-0.4, -0.2) is 54.2 Å². The summed E-state index contributed by atoms with van der Waals surface area (Å²) in [5.41, 5.74) is 0.912. The van der Waals surface area contributed by atoms with Gasteiger partial charge in [0.05, 0.1) is 13.1 Å². The smallest absolute Gasteiger partial charge is 0.227 e. The summed E-state index contributed by atoms with van der Waals surface area (Å²) in [4.78, 5) is 19.1. The van der Waals surface area contributed by atoms with E-state index in [1.54, 1.807) is 0 Å². The third-order valence-corrected chi connectivity index (χ3v) is 5.48. The highest BCUT2D eigenvalue weighted by atomic mass is 16.4. The van der Waals surface area contributed by atoms with Crippen molar-refractivity contribution in [2.75, 3.05) is 44.2 Å². The maximum Gasteiger partial charge on any atom is 0.227 e. The van der Waals surface area contributed by atoms with Crippen molar-refractivity contribution in [3.63, 3.8) is 0 Å². The molecular weight excluding hydrogens is 342 g/mol. The van der Waals surface area contributed by atoms with Gasteiger partial charge in [-0.2, -0.15) is 0 Å². The Morgan fingerprint density at radius 1 is 0.889 bits per heavy atom. The minimum Gasteiger partial charge on any atom is -0.502 e. The van der Waals surface area contributed by atoms with Crippen molar-refractivity contribution < 1.29 is 9.52 Å². The summed E-state index contributed by atoms with van der Waals surface area (Å²) in [6, 6.07) is 11.9.